The van der Waals surface area contributed by atoms with E-state index >= 15 is 0 Å². The van der Waals surface area contributed by atoms with Crippen molar-refractivity contribution in [1.82, 2.24) is 10.2 Å². The zero-order chi connectivity index (χ0) is 14.9. The summed E-state index contributed by atoms with van der Waals surface area (Å²) in [5.74, 6) is 1.40. The van der Waals surface area contributed by atoms with Gasteiger partial charge in [0.25, 0.3) is 0 Å². The van der Waals surface area contributed by atoms with Crippen molar-refractivity contribution in [3.05, 3.63) is 35.7 Å². The average Bonchev–Trinajstić information content (AvgIpc) is 2.96. The normalized spacial score (nSPS) is 11.0. The Balaban J connectivity index is 1.72. The van der Waals surface area contributed by atoms with Gasteiger partial charge in [-0.3, -0.25) is 0 Å². The van der Waals surface area contributed by atoms with E-state index < -0.39 is 0 Å². The zero-order valence-corrected chi connectivity index (χ0v) is 13.3. The second-order valence-electron chi connectivity index (χ2n) is 5.74. The van der Waals surface area contributed by atoms with Gasteiger partial charge in [-0.1, -0.05) is 63.1 Å². The van der Waals surface area contributed by atoms with Crippen molar-refractivity contribution in [2.75, 3.05) is 0 Å². The largest absolute Gasteiger partial charge is 0.421 e. The minimum Gasteiger partial charge on any atom is -0.421 e. The molecule has 1 heterocycles. The molecule has 21 heavy (non-hydrogen) atoms. The maximum absolute atomic E-state index is 5.73. The molecule has 0 aliphatic heterocycles. The molecule has 0 atom stereocenters. The Labute approximate surface area is 127 Å². The Morgan fingerprint density at radius 3 is 2.24 bits per heavy atom. The fourth-order valence-corrected chi connectivity index (χ4v) is 2.40. The van der Waals surface area contributed by atoms with Crippen LogP contribution in [0.25, 0.3) is 11.5 Å². The summed E-state index contributed by atoms with van der Waals surface area (Å²) in [7, 11) is 0. The van der Waals surface area contributed by atoms with Crippen LogP contribution in [0.3, 0.4) is 0 Å². The van der Waals surface area contributed by atoms with Crippen molar-refractivity contribution in [1.29, 1.82) is 0 Å². The van der Waals surface area contributed by atoms with Crippen LogP contribution in [0.1, 0.15) is 63.3 Å². The molecule has 2 rings (SSSR count). The highest BCUT2D eigenvalue weighted by atomic mass is 16.4. The van der Waals surface area contributed by atoms with Gasteiger partial charge >= 0.3 is 0 Å². The maximum atomic E-state index is 5.73. The highest BCUT2D eigenvalue weighted by Gasteiger charge is 2.07. The van der Waals surface area contributed by atoms with E-state index in [2.05, 4.69) is 36.2 Å². The molecule has 0 aliphatic carbocycles. The predicted molar refractivity (Wildman–Crippen MR) is 86.2 cm³/mol. The lowest BCUT2D eigenvalue weighted by atomic mass is 10.1. The first-order chi connectivity index (χ1) is 10.3. The first-order valence-corrected chi connectivity index (χ1v) is 8.19. The smallest absolute Gasteiger partial charge is 0.247 e. The third-order valence-electron chi connectivity index (χ3n) is 3.76. The Bertz CT molecular complexity index is 516. The van der Waals surface area contributed by atoms with Gasteiger partial charge in [-0.25, -0.2) is 0 Å². The third kappa shape index (κ3) is 5.33. The van der Waals surface area contributed by atoms with Gasteiger partial charge in [0.1, 0.15) is 0 Å². The molecule has 0 N–H and O–H groups in total. The lowest BCUT2D eigenvalue weighted by Gasteiger charge is -1.99. The van der Waals surface area contributed by atoms with E-state index in [0.29, 0.717) is 5.89 Å². The summed E-state index contributed by atoms with van der Waals surface area (Å²) in [5.41, 5.74) is 2.24. The van der Waals surface area contributed by atoms with Crippen LogP contribution >= 0.6 is 0 Å². The summed E-state index contributed by atoms with van der Waals surface area (Å²) in [5, 5.41) is 8.28. The fourth-order valence-electron chi connectivity index (χ4n) is 2.40. The van der Waals surface area contributed by atoms with Crippen molar-refractivity contribution in [3.8, 4) is 11.5 Å². The maximum Gasteiger partial charge on any atom is 0.247 e. The molecule has 0 bridgehead atoms. The summed E-state index contributed by atoms with van der Waals surface area (Å²) in [6.45, 7) is 4.32. The molecular weight excluding hydrogens is 260 g/mol. The molecule has 0 radical (unpaired) electrons. The molecule has 3 nitrogen and oxygen atoms in total. The fraction of sp³-hybridized carbons (Fsp3) is 0.556. The Morgan fingerprint density at radius 2 is 1.52 bits per heavy atom. The lowest BCUT2D eigenvalue weighted by Crippen LogP contribution is -1.86. The second-order valence-corrected chi connectivity index (χ2v) is 5.74. The predicted octanol–water partition coefficient (Wildman–Crippen LogP) is 5.34. The summed E-state index contributed by atoms with van der Waals surface area (Å²) >= 11 is 0. The number of rotatable bonds is 9. The number of benzene rings is 1. The van der Waals surface area contributed by atoms with E-state index in [4.69, 9.17) is 4.42 Å². The summed E-state index contributed by atoms with van der Waals surface area (Å²) in [6.07, 6.45) is 10.0. The number of nitrogens with zero attached hydrogens (tertiary/aromatic N) is 2. The summed E-state index contributed by atoms with van der Waals surface area (Å²) in [4.78, 5) is 0. The van der Waals surface area contributed by atoms with Crippen molar-refractivity contribution in [2.24, 2.45) is 0 Å². The molecule has 0 amide bonds. The zero-order valence-electron chi connectivity index (χ0n) is 13.3. The van der Waals surface area contributed by atoms with E-state index in [1.807, 2.05) is 12.1 Å². The molecular formula is C18H26N2O. The van der Waals surface area contributed by atoms with Crippen LogP contribution in [-0.4, -0.2) is 10.2 Å². The molecule has 2 aromatic rings. The molecule has 0 unspecified atom stereocenters. The lowest BCUT2D eigenvalue weighted by molar-refractivity contribution is 0.486. The van der Waals surface area contributed by atoms with Crippen molar-refractivity contribution in [3.63, 3.8) is 0 Å². The molecule has 0 saturated carbocycles. The molecule has 0 aliphatic rings. The first-order valence-electron chi connectivity index (χ1n) is 8.19. The Kier molecular flexibility index (Phi) is 6.45. The monoisotopic (exact) mass is 286 g/mol. The van der Waals surface area contributed by atoms with Crippen molar-refractivity contribution in [2.45, 2.75) is 65.2 Å². The third-order valence-corrected chi connectivity index (χ3v) is 3.76. The minimum atomic E-state index is 0.632. The van der Waals surface area contributed by atoms with Gasteiger partial charge < -0.3 is 4.42 Å². The SMILES string of the molecule is CCCCCCCCCc1nnc(-c2ccc(C)cc2)o1. The van der Waals surface area contributed by atoms with E-state index in [0.717, 1.165) is 24.3 Å². The first kappa shape index (κ1) is 15.7. The molecule has 1 aromatic carbocycles. The van der Waals surface area contributed by atoms with Crippen molar-refractivity contribution >= 4 is 0 Å². The van der Waals surface area contributed by atoms with Gasteiger partial charge in [-0.2, -0.15) is 0 Å². The van der Waals surface area contributed by atoms with E-state index in [1.165, 1.54) is 44.1 Å². The summed E-state index contributed by atoms with van der Waals surface area (Å²) in [6, 6.07) is 8.19. The van der Waals surface area contributed by atoms with E-state index in [9.17, 15) is 0 Å². The van der Waals surface area contributed by atoms with Crippen LogP contribution in [0.5, 0.6) is 0 Å². The standard InChI is InChI=1S/C18H26N2O/c1-3-4-5-6-7-8-9-10-17-19-20-18(21-17)16-13-11-15(2)12-14-16/h11-14H,3-10H2,1-2H3. The van der Waals surface area contributed by atoms with Crippen LogP contribution in [-0.2, 0) is 6.42 Å². The highest BCUT2D eigenvalue weighted by Crippen LogP contribution is 2.19. The molecule has 0 saturated heterocycles. The van der Waals surface area contributed by atoms with E-state index in [1.54, 1.807) is 0 Å². The molecule has 3 heteroatoms. The van der Waals surface area contributed by atoms with Crippen LogP contribution in [0, 0.1) is 6.92 Å². The quantitative estimate of drug-likeness (QED) is 0.584. The van der Waals surface area contributed by atoms with Crippen LogP contribution in [0.2, 0.25) is 0 Å². The van der Waals surface area contributed by atoms with E-state index in [-0.39, 0.29) is 0 Å². The molecule has 1 aromatic heterocycles. The average molecular weight is 286 g/mol. The van der Waals surface area contributed by atoms with Gasteiger partial charge in [-0.05, 0) is 25.5 Å². The molecule has 0 fully saturated rings. The van der Waals surface area contributed by atoms with Crippen LogP contribution in [0.4, 0.5) is 0 Å². The summed E-state index contributed by atoms with van der Waals surface area (Å²) < 4.78 is 5.73. The highest BCUT2D eigenvalue weighted by molar-refractivity contribution is 5.52. The van der Waals surface area contributed by atoms with Gasteiger partial charge in [0, 0.05) is 12.0 Å². The Morgan fingerprint density at radius 1 is 0.857 bits per heavy atom. The minimum absolute atomic E-state index is 0.632. The molecule has 114 valence electrons. The van der Waals surface area contributed by atoms with Crippen LogP contribution < -0.4 is 0 Å². The van der Waals surface area contributed by atoms with Gasteiger partial charge in [-0.15, -0.1) is 10.2 Å². The van der Waals surface area contributed by atoms with Crippen molar-refractivity contribution < 1.29 is 4.42 Å². The second kappa shape index (κ2) is 8.60. The number of unbranched alkanes of at least 4 members (excludes halogenated alkanes) is 6. The van der Waals surface area contributed by atoms with Crippen LogP contribution in [0.15, 0.2) is 28.7 Å². The number of aromatic nitrogens is 2. The van der Waals surface area contributed by atoms with Gasteiger partial charge in [0.2, 0.25) is 11.8 Å². The number of hydrogen-bond donors (Lipinski definition) is 0. The Hall–Kier alpha value is -1.64. The van der Waals surface area contributed by atoms with Gasteiger partial charge in [0.05, 0.1) is 0 Å². The molecule has 0 spiro atoms. The number of aryl methyl sites for hydroxylation is 2. The van der Waals surface area contributed by atoms with Gasteiger partial charge in [0.15, 0.2) is 0 Å². The number of hydrogen-bond acceptors (Lipinski definition) is 3. The topological polar surface area (TPSA) is 38.9 Å².